The van der Waals surface area contributed by atoms with E-state index in [-0.39, 0.29) is 12.4 Å². The molecular weight excluding hydrogens is 183 g/mol. The largest absolute Gasteiger partial charge is 0.383 e. The third-order valence-corrected chi connectivity index (χ3v) is 2.77. The SMILES string of the molecule is Cc1c(F)cccc1C1(O)CCOC1. The van der Waals surface area contributed by atoms with Gasteiger partial charge < -0.3 is 9.84 Å². The van der Waals surface area contributed by atoms with Crippen molar-refractivity contribution in [3.05, 3.63) is 35.1 Å². The Morgan fingerprint density at radius 2 is 2.29 bits per heavy atom. The lowest BCUT2D eigenvalue weighted by molar-refractivity contribution is 0.0224. The zero-order chi connectivity index (χ0) is 10.2. The molecule has 1 saturated heterocycles. The van der Waals surface area contributed by atoms with Crippen LogP contribution in [0.15, 0.2) is 18.2 Å². The van der Waals surface area contributed by atoms with E-state index in [2.05, 4.69) is 0 Å². The van der Waals surface area contributed by atoms with Crippen LogP contribution in [0.4, 0.5) is 4.39 Å². The Bertz CT molecular complexity index is 343. The van der Waals surface area contributed by atoms with E-state index in [4.69, 9.17) is 4.74 Å². The van der Waals surface area contributed by atoms with Gasteiger partial charge in [0.25, 0.3) is 0 Å². The molecule has 76 valence electrons. The minimum absolute atomic E-state index is 0.261. The second-order valence-electron chi connectivity index (χ2n) is 3.75. The molecule has 1 fully saturated rings. The summed E-state index contributed by atoms with van der Waals surface area (Å²) in [4.78, 5) is 0. The van der Waals surface area contributed by atoms with Gasteiger partial charge >= 0.3 is 0 Å². The minimum Gasteiger partial charge on any atom is -0.383 e. The molecule has 1 heterocycles. The summed E-state index contributed by atoms with van der Waals surface area (Å²) in [6.07, 6.45) is 0.539. The third kappa shape index (κ3) is 1.42. The first-order valence-corrected chi connectivity index (χ1v) is 4.69. The fourth-order valence-corrected chi connectivity index (χ4v) is 1.88. The molecule has 1 aromatic carbocycles. The fourth-order valence-electron chi connectivity index (χ4n) is 1.88. The van der Waals surface area contributed by atoms with Crippen molar-refractivity contribution in [2.75, 3.05) is 13.2 Å². The molecule has 0 bridgehead atoms. The van der Waals surface area contributed by atoms with E-state index >= 15 is 0 Å². The molecule has 0 amide bonds. The average Bonchev–Trinajstić information content (AvgIpc) is 2.58. The van der Waals surface area contributed by atoms with Crippen LogP contribution in [-0.2, 0) is 10.3 Å². The van der Waals surface area contributed by atoms with E-state index in [1.165, 1.54) is 6.07 Å². The Balaban J connectivity index is 2.45. The summed E-state index contributed by atoms with van der Waals surface area (Å²) >= 11 is 0. The van der Waals surface area contributed by atoms with Gasteiger partial charge in [-0.25, -0.2) is 4.39 Å². The van der Waals surface area contributed by atoms with E-state index in [1.54, 1.807) is 19.1 Å². The van der Waals surface area contributed by atoms with Gasteiger partial charge in [0.05, 0.1) is 6.61 Å². The van der Waals surface area contributed by atoms with Crippen LogP contribution in [0.25, 0.3) is 0 Å². The lowest BCUT2D eigenvalue weighted by Crippen LogP contribution is -2.27. The summed E-state index contributed by atoms with van der Waals surface area (Å²) in [6, 6.07) is 4.78. The molecule has 1 unspecified atom stereocenters. The second kappa shape index (κ2) is 3.33. The van der Waals surface area contributed by atoms with Gasteiger partial charge in [0.2, 0.25) is 0 Å². The van der Waals surface area contributed by atoms with Crippen LogP contribution in [0.1, 0.15) is 17.5 Å². The van der Waals surface area contributed by atoms with Crippen molar-refractivity contribution in [3.63, 3.8) is 0 Å². The van der Waals surface area contributed by atoms with Crippen molar-refractivity contribution in [1.29, 1.82) is 0 Å². The lowest BCUT2D eigenvalue weighted by Gasteiger charge is -2.23. The second-order valence-corrected chi connectivity index (χ2v) is 3.75. The molecule has 1 aliphatic heterocycles. The number of hydrogen-bond acceptors (Lipinski definition) is 2. The van der Waals surface area contributed by atoms with Gasteiger partial charge in [-0.3, -0.25) is 0 Å². The summed E-state index contributed by atoms with van der Waals surface area (Å²) in [7, 11) is 0. The first kappa shape index (κ1) is 9.62. The number of benzene rings is 1. The Morgan fingerprint density at radius 1 is 1.50 bits per heavy atom. The molecule has 2 nitrogen and oxygen atoms in total. The topological polar surface area (TPSA) is 29.5 Å². The first-order valence-electron chi connectivity index (χ1n) is 4.69. The Morgan fingerprint density at radius 3 is 2.93 bits per heavy atom. The summed E-state index contributed by atoms with van der Waals surface area (Å²) in [5.74, 6) is -0.275. The monoisotopic (exact) mass is 196 g/mol. The van der Waals surface area contributed by atoms with Crippen molar-refractivity contribution in [2.45, 2.75) is 18.9 Å². The maximum atomic E-state index is 13.3. The fraction of sp³-hybridized carbons (Fsp3) is 0.455. The predicted molar refractivity (Wildman–Crippen MR) is 50.5 cm³/mol. The van der Waals surface area contributed by atoms with Crippen molar-refractivity contribution in [1.82, 2.24) is 0 Å². The zero-order valence-electron chi connectivity index (χ0n) is 8.09. The highest BCUT2D eigenvalue weighted by atomic mass is 19.1. The van der Waals surface area contributed by atoms with Crippen LogP contribution in [-0.4, -0.2) is 18.3 Å². The number of aliphatic hydroxyl groups is 1. The number of rotatable bonds is 1. The normalized spacial score (nSPS) is 26.8. The molecule has 0 saturated carbocycles. The lowest BCUT2D eigenvalue weighted by atomic mass is 9.89. The maximum Gasteiger partial charge on any atom is 0.126 e. The van der Waals surface area contributed by atoms with Crippen LogP contribution in [0, 0.1) is 12.7 Å². The summed E-state index contributed by atoms with van der Waals surface area (Å²) in [6.45, 7) is 2.48. The molecule has 0 radical (unpaired) electrons. The molecule has 3 heteroatoms. The molecule has 0 spiro atoms. The maximum absolute atomic E-state index is 13.3. The average molecular weight is 196 g/mol. The summed E-state index contributed by atoms with van der Waals surface area (Å²) < 4.78 is 18.4. The summed E-state index contributed by atoms with van der Waals surface area (Å²) in [5, 5.41) is 10.2. The van der Waals surface area contributed by atoms with Crippen LogP contribution in [0.2, 0.25) is 0 Å². The van der Waals surface area contributed by atoms with E-state index in [0.717, 1.165) is 0 Å². The van der Waals surface area contributed by atoms with Gasteiger partial charge in [-0.15, -0.1) is 0 Å². The number of hydrogen-bond donors (Lipinski definition) is 1. The van der Waals surface area contributed by atoms with Crippen LogP contribution in [0.3, 0.4) is 0 Å². The number of ether oxygens (including phenoxy) is 1. The minimum atomic E-state index is -0.994. The van der Waals surface area contributed by atoms with Gasteiger partial charge in [-0.05, 0) is 24.1 Å². The van der Waals surface area contributed by atoms with Crippen molar-refractivity contribution < 1.29 is 14.2 Å². The quantitative estimate of drug-likeness (QED) is 0.741. The van der Waals surface area contributed by atoms with E-state index in [9.17, 15) is 9.50 Å². The van der Waals surface area contributed by atoms with Crippen LogP contribution < -0.4 is 0 Å². The first-order chi connectivity index (χ1) is 6.63. The molecule has 0 aromatic heterocycles. The highest BCUT2D eigenvalue weighted by molar-refractivity contribution is 5.33. The smallest absolute Gasteiger partial charge is 0.126 e. The molecule has 1 aromatic rings. The van der Waals surface area contributed by atoms with Crippen molar-refractivity contribution in [2.24, 2.45) is 0 Å². The zero-order valence-corrected chi connectivity index (χ0v) is 8.09. The Hall–Kier alpha value is -0.930. The molecule has 0 aliphatic carbocycles. The van der Waals surface area contributed by atoms with Crippen LogP contribution in [0.5, 0.6) is 0 Å². The Labute approximate surface area is 82.3 Å². The predicted octanol–water partition coefficient (Wildman–Crippen LogP) is 1.74. The van der Waals surface area contributed by atoms with Gasteiger partial charge in [0.15, 0.2) is 0 Å². The molecule has 14 heavy (non-hydrogen) atoms. The van der Waals surface area contributed by atoms with Crippen LogP contribution >= 0.6 is 0 Å². The molecule has 1 aliphatic rings. The van der Waals surface area contributed by atoms with E-state index < -0.39 is 5.60 Å². The standard InChI is InChI=1S/C11H13FO2/c1-8-9(3-2-4-10(8)12)11(13)5-6-14-7-11/h2-4,13H,5-7H2,1H3. The third-order valence-electron chi connectivity index (χ3n) is 2.77. The van der Waals surface area contributed by atoms with Crippen molar-refractivity contribution in [3.8, 4) is 0 Å². The van der Waals surface area contributed by atoms with Gasteiger partial charge in [0, 0.05) is 13.0 Å². The summed E-state index contributed by atoms with van der Waals surface area (Å²) in [5.41, 5.74) is 0.169. The van der Waals surface area contributed by atoms with Gasteiger partial charge in [0.1, 0.15) is 11.4 Å². The molecule has 1 atom stereocenters. The van der Waals surface area contributed by atoms with E-state index in [0.29, 0.717) is 24.2 Å². The van der Waals surface area contributed by atoms with Gasteiger partial charge in [-0.1, -0.05) is 12.1 Å². The number of halogens is 1. The molecular formula is C11H13FO2. The van der Waals surface area contributed by atoms with Crippen molar-refractivity contribution >= 4 is 0 Å². The Kier molecular flexibility index (Phi) is 2.29. The molecule has 1 N–H and O–H groups in total. The van der Waals surface area contributed by atoms with Gasteiger partial charge in [-0.2, -0.15) is 0 Å². The highest BCUT2D eigenvalue weighted by Gasteiger charge is 2.35. The molecule has 2 rings (SSSR count). The highest BCUT2D eigenvalue weighted by Crippen LogP contribution is 2.32. The van der Waals surface area contributed by atoms with E-state index in [1.807, 2.05) is 0 Å².